The molecule has 6 heteroatoms. The first-order valence-corrected chi connectivity index (χ1v) is 10.8. The fraction of sp³-hybridized carbons (Fsp3) is 0.417. The quantitative estimate of drug-likeness (QED) is 0.787. The zero-order valence-electron chi connectivity index (χ0n) is 17.7. The number of benzene rings is 2. The van der Waals surface area contributed by atoms with E-state index < -0.39 is 0 Å². The number of nitrogens with zero attached hydrogens (tertiary/aromatic N) is 2. The molecule has 0 bridgehead atoms. The number of carbonyl (C=O) groups is 2. The summed E-state index contributed by atoms with van der Waals surface area (Å²) < 4.78 is 0. The van der Waals surface area contributed by atoms with E-state index in [9.17, 15) is 9.59 Å². The van der Waals surface area contributed by atoms with Crippen LogP contribution in [0.4, 0.5) is 16.2 Å². The van der Waals surface area contributed by atoms with E-state index in [0.717, 1.165) is 30.8 Å². The lowest BCUT2D eigenvalue weighted by atomic mass is 10.0. The third-order valence-corrected chi connectivity index (χ3v) is 5.92. The van der Waals surface area contributed by atoms with Crippen molar-refractivity contribution in [1.82, 2.24) is 10.2 Å². The average Bonchev–Trinajstić information content (AvgIpc) is 3.20. The van der Waals surface area contributed by atoms with Gasteiger partial charge in [0, 0.05) is 49.2 Å². The molecule has 0 unspecified atom stereocenters. The van der Waals surface area contributed by atoms with Crippen LogP contribution in [-0.2, 0) is 0 Å². The number of rotatable bonds is 5. The molecule has 6 nitrogen and oxygen atoms in total. The monoisotopic (exact) mass is 406 g/mol. The van der Waals surface area contributed by atoms with Crippen LogP contribution in [0.3, 0.4) is 0 Å². The number of amides is 3. The van der Waals surface area contributed by atoms with Crippen molar-refractivity contribution in [3.05, 3.63) is 59.7 Å². The molecule has 2 aromatic carbocycles. The van der Waals surface area contributed by atoms with E-state index in [0.29, 0.717) is 31.1 Å². The van der Waals surface area contributed by atoms with Gasteiger partial charge in [0.25, 0.3) is 5.91 Å². The Balaban J connectivity index is 1.41. The number of hydrogen-bond donors (Lipinski definition) is 2. The van der Waals surface area contributed by atoms with Crippen LogP contribution in [0.25, 0.3) is 0 Å². The van der Waals surface area contributed by atoms with E-state index in [-0.39, 0.29) is 18.0 Å². The highest BCUT2D eigenvalue weighted by Crippen LogP contribution is 2.23. The molecule has 2 saturated heterocycles. The zero-order valence-corrected chi connectivity index (χ0v) is 17.7. The van der Waals surface area contributed by atoms with Crippen LogP contribution < -0.4 is 15.5 Å². The molecule has 2 N–H and O–H groups in total. The predicted molar refractivity (Wildman–Crippen MR) is 120 cm³/mol. The Bertz CT molecular complexity index is 910. The number of nitrogens with one attached hydrogen (secondary N) is 2. The van der Waals surface area contributed by atoms with E-state index in [4.69, 9.17) is 0 Å². The van der Waals surface area contributed by atoms with Gasteiger partial charge in [-0.25, -0.2) is 4.79 Å². The van der Waals surface area contributed by atoms with Crippen LogP contribution in [0.2, 0.25) is 0 Å². The number of carbonyl (C=O) groups excluding carboxylic acids is 2. The highest BCUT2D eigenvalue weighted by atomic mass is 16.2. The molecule has 2 aliphatic heterocycles. The van der Waals surface area contributed by atoms with Gasteiger partial charge in [-0.2, -0.15) is 0 Å². The first-order valence-electron chi connectivity index (χ1n) is 10.8. The van der Waals surface area contributed by atoms with E-state index >= 15 is 0 Å². The van der Waals surface area contributed by atoms with Crippen molar-refractivity contribution >= 4 is 23.3 Å². The maximum atomic E-state index is 13.1. The first-order chi connectivity index (χ1) is 14.5. The van der Waals surface area contributed by atoms with Gasteiger partial charge >= 0.3 is 6.03 Å². The minimum absolute atomic E-state index is 0.0260. The van der Waals surface area contributed by atoms with Crippen LogP contribution >= 0.6 is 0 Å². The molecular weight excluding hydrogens is 376 g/mol. The lowest BCUT2D eigenvalue weighted by molar-refractivity contribution is 0.0715. The second-order valence-corrected chi connectivity index (χ2v) is 8.45. The zero-order chi connectivity index (χ0) is 21.1. The molecule has 2 fully saturated rings. The SMILES string of the molecule is CC(C)c1ccc(N[C@H]2CCCN(C(=O)c3cccc(N4CCNC4=O)c3)C2)cc1. The summed E-state index contributed by atoms with van der Waals surface area (Å²) in [6.45, 7) is 7.09. The van der Waals surface area contributed by atoms with Gasteiger partial charge in [-0.15, -0.1) is 0 Å². The summed E-state index contributed by atoms with van der Waals surface area (Å²) in [5.74, 6) is 0.544. The van der Waals surface area contributed by atoms with Crippen LogP contribution in [0.15, 0.2) is 48.5 Å². The first kappa shape index (κ1) is 20.3. The smallest absolute Gasteiger partial charge is 0.321 e. The molecule has 4 rings (SSSR count). The molecule has 30 heavy (non-hydrogen) atoms. The number of urea groups is 1. The fourth-order valence-corrected chi connectivity index (χ4v) is 4.19. The topological polar surface area (TPSA) is 64.7 Å². The maximum absolute atomic E-state index is 13.1. The number of likely N-dealkylation sites (tertiary alicyclic amines) is 1. The minimum Gasteiger partial charge on any atom is -0.381 e. The summed E-state index contributed by atoms with van der Waals surface area (Å²) >= 11 is 0. The van der Waals surface area contributed by atoms with Gasteiger partial charge in [-0.05, 0) is 54.7 Å². The molecular formula is C24H30N4O2. The van der Waals surface area contributed by atoms with Gasteiger partial charge in [-0.1, -0.05) is 32.0 Å². The van der Waals surface area contributed by atoms with E-state index in [2.05, 4.69) is 48.7 Å². The number of piperidine rings is 1. The summed E-state index contributed by atoms with van der Waals surface area (Å²) in [5.41, 5.74) is 3.83. The molecule has 0 saturated carbocycles. The Morgan fingerprint density at radius 2 is 1.93 bits per heavy atom. The number of anilines is 2. The van der Waals surface area contributed by atoms with Crippen molar-refractivity contribution in [3.8, 4) is 0 Å². The molecule has 2 aliphatic rings. The van der Waals surface area contributed by atoms with E-state index in [1.807, 2.05) is 29.2 Å². The summed E-state index contributed by atoms with van der Waals surface area (Å²) in [6, 6.07) is 16.1. The van der Waals surface area contributed by atoms with Crippen molar-refractivity contribution in [2.24, 2.45) is 0 Å². The molecule has 158 valence electrons. The summed E-state index contributed by atoms with van der Waals surface area (Å²) in [7, 11) is 0. The molecule has 2 heterocycles. The average molecular weight is 407 g/mol. The highest BCUT2D eigenvalue weighted by molar-refractivity contribution is 5.98. The van der Waals surface area contributed by atoms with E-state index in [1.165, 1.54) is 5.56 Å². The van der Waals surface area contributed by atoms with Crippen molar-refractivity contribution in [1.29, 1.82) is 0 Å². The lowest BCUT2D eigenvalue weighted by Gasteiger charge is -2.34. The fourth-order valence-electron chi connectivity index (χ4n) is 4.19. The second kappa shape index (κ2) is 8.78. The van der Waals surface area contributed by atoms with E-state index in [1.54, 1.807) is 4.90 Å². The van der Waals surface area contributed by atoms with Crippen molar-refractivity contribution in [2.75, 3.05) is 36.4 Å². The third-order valence-electron chi connectivity index (χ3n) is 5.92. The Morgan fingerprint density at radius 3 is 2.63 bits per heavy atom. The normalized spacial score (nSPS) is 19.2. The summed E-state index contributed by atoms with van der Waals surface area (Å²) in [5, 5.41) is 6.39. The Hall–Kier alpha value is -3.02. The van der Waals surface area contributed by atoms with Crippen LogP contribution in [0.1, 0.15) is 48.5 Å². The van der Waals surface area contributed by atoms with Crippen molar-refractivity contribution < 1.29 is 9.59 Å². The summed E-state index contributed by atoms with van der Waals surface area (Å²) in [6.07, 6.45) is 2.02. The highest BCUT2D eigenvalue weighted by Gasteiger charge is 2.26. The number of hydrogen-bond acceptors (Lipinski definition) is 3. The van der Waals surface area contributed by atoms with Crippen LogP contribution in [0, 0.1) is 0 Å². The van der Waals surface area contributed by atoms with Gasteiger partial charge < -0.3 is 15.5 Å². The molecule has 0 radical (unpaired) electrons. The minimum atomic E-state index is -0.106. The van der Waals surface area contributed by atoms with Gasteiger partial charge in [0.05, 0.1) is 0 Å². The third kappa shape index (κ3) is 4.42. The molecule has 1 atom stereocenters. The predicted octanol–water partition coefficient (Wildman–Crippen LogP) is 4.06. The Kier molecular flexibility index (Phi) is 5.93. The second-order valence-electron chi connectivity index (χ2n) is 8.45. The molecule has 3 amide bonds. The molecule has 2 aromatic rings. The lowest BCUT2D eigenvalue weighted by Crippen LogP contribution is -2.45. The van der Waals surface area contributed by atoms with Crippen molar-refractivity contribution in [2.45, 2.75) is 38.6 Å². The van der Waals surface area contributed by atoms with Gasteiger partial charge in [0.1, 0.15) is 0 Å². The molecule has 0 aromatic heterocycles. The standard InChI is InChI=1S/C24H30N4O2/c1-17(2)18-8-10-20(11-9-18)26-21-6-4-13-27(16-21)23(29)19-5-3-7-22(15-19)28-14-12-25-24(28)30/h3,5,7-11,15,17,21,26H,4,6,12-14,16H2,1-2H3,(H,25,30)/t21-/m0/s1. The summed E-state index contributed by atoms with van der Waals surface area (Å²) in [4.78, 5) is 28.7. The van der Waals surface area contributed by atoms with Gasteiger partial charge in [0.15, 0.2) is 0 Å². The molecule has 0 spiro atoms. The van der Waals surface area contributed by atoms with Crippen LogP contribution in [-0.4, -0.2) is 49.1 Å². The maximum Gasteiger partial charge on any atom is 0.321 e. The Labute approximate surface area is 178 Å². The Morgan fingerprint density at radius 1 is 1.13 bits per heavy atom. The van der Waals surface area contributed by atoms with Gasteiger partial charge in [-0.3, -0.25) is 9.69 Å². The largest absolute Gasteiger partial charge is 0.381 e. The molecule has 0 aliphatic carbocycles. The van der Waals surface area contributed by atoms with Crippen LogP contribution in [0.5, 0.6) is 0 Å². The van der Waals surface area contributed by atoms with Crippen molar-refractivity contribution in [3.63, 3.8) is 0 Å². The van der Waals surface area contributed by atoms with Gasteiger partial charge in [0.2, 0.25) is 0 Å².